The smallest absolute Gasteiger partial charge is 0.270 e. The molecule has 7 nitrogen and oxygen atoms in total. The monoisotopic (exact) mass is 463 g/mol. The molecule has 1 atom stereocenters. The lowest BCUT2D eigenvalue weighted by molar-refractivity contribution is 0.0587. The van der Waals surface area contributed by atoms with Crippen LogP contribution in [0.25, 0.3) is 16.8 Å². The standard InChI is InChI=1S/C22H14BrN3O4/c1-12(25-20(27)14-9-5-6-10-15(14)21(25)28)18-24-19-17(16(23)11-30-19)22(29)26(18)13-7-3-2-4-8-13/h2-12H,1H3. The van der Waals surface area contributed by atoms with Crippen LogP contribution in [0.5, 0.6) is 0 Å². The Balaban J connectivity index is 1.74. The van der Waals surface area contributed by atoms with Crippen LogP contribution in [0.3, 0.4) is 0 Å². The number of imide groups is 1. The maximum Gasteiger partial charge on any atom is 0.270 e. The van der Waals surface area contributed by atoms with Gasteiger partial charge in [-0.1, -0.05) is 30.3 Å². The molecule has 0 saturated carbocycles. The third kappa shape index (κ3) is 2.57. The molecule has 0 saturated heterocycles. The fraction of sp³-hybridized carbons (Fsp3) is 0.0909. The van der Waals surface area contributed by atoms with Crippen molar-refractivity contribution < 1.29 is 14.0 Å². The number of fused-ring (bicyclic) bond motifs is 2. The Morgan fingerprint density at radius 1 is 0.933 bits per heavy atom. The summed E-state index contributed by atoms with van der Waals surface area (Å²) in [6.45, 7) is 1.67. The molecule has 2 amide bonds. The largest absolute Gasteiger partial charge is 0.445 e. The Morgan fingerprint density at radius 3 is 2.17 bits per heavy atom. The van der Waals surface area contributed by atoms with Crippen LogP contribution < -0.4 is 5.56 Å². The normalized spacial score (nSPS) is 14.4. The van der Waals surface area contributed by atoms with E-state index in [1.54, 1.807) is 55.5 Å². The van der Waals surface area contributed by atoms with Gasteiger partial charge >= 0.3 is 0 Å². The summed E-state index contributed by atoms with van der Waals surface area (Å²) in [5, 5.41) is 0.289. The number of amides is 2. The Morgan fingerprint density at radius 2 is 1.53 bits per heavy atom. The van der Waals surface area contributed by atoms with Crippen molar-refractivity contribution in [3.8, 4) is 5.69 Å². The molecule has 4 aromatic rings. The van der Waals surface area contributed by atoms with E-state index in [0.717, 1.165) is 4.90 Å². The Bertz CT molecular complexity index is 1360. The lowest BCUT2D eigenvalue weighted by atomic mass is 10.1. The van der Waals surface area contributed by atoms with E-state index in [1.807, 2.05) is 6.07 Å². The molecule has 148 valence electrons. The van der Waals surface area contributed by atoms with Crippen molar-refractivity contribution in [2.24, 2.45) is 0 Å². The summed E-state index contributed by atoms with van der Waals surface area (Å²) in [5.74, 6) is -0.606. The predicted octanol–water partition coefficient (Wildman–Crippen LogP) is 4.10. The van der Waals surface area contributed by atoms with Crippen molar-refractivity contribution in [3.63, 3.8) is 0 Å². The zero-order valence-corrected chi connectivity index (χ0v) is 17.3. The van der Waals surface area contributed by atoms with E-state index in [4.69, 9.17) is 4.42 Å². The highest BCUT2D eigenvalue weighted by Crippen LogP contribution is 2.32. The van der Waals surface area contributed by atoms with Gasteiger partial charge in [-0.3, -0.25) is 23.9 Å². The van der Waals surface area contributed by atoms with Crippen LogP contribution in [0.2, 0.25) is 0 Å². The van der Waals surface area contributed by atoms with Gasteiger partial charge in [0, 0.05) is 0 Å². The summed E-state index contributed by atoms with van der Waals surface area (Å²) in [4.78, 5) is 45.0. The van der Waals surface area contributed by atoms with Crippen LogP contribution in [0.4, 0.5) is 0 Å². The van der Waals surface area contributed by atoms with E-state index in [1.165, 1.54) is 10.8 Å². The molecule has 0 bridgehead atoms. The maximum absolute atomic E-state index is 13.4. The van der Waals surface area contributed by atoms with E-state index in [-0.39, 0.29) is 22.5 Å². The van der Waals surface area contributed by atoms with E-state index in [2.05, 4.69) is 20.9 Å². The first kappa shape index (κ1) is 18.5. The summed E-state index contributed by atoms with van der Waals surface area (Å²) in [6, 6.07) is 14.8. The molecule has 1 aliphatic heterocycles. The number of aromatic nitrogens is 2. The number of rotatable bonds is 3. The average molecular weight is 464 g/mol. The summed E-state index contributed by atoms with van der Waals surface area (Å²) in [6.07, 6.45) is 1.39. The van der Waals surface area contributed by atoms with Crippen molar-refractivity contribution >= 4 is 38.8 Å². The first-order chi connectivity index (χ1) is 14.5. The molecule has 2 aromatic carbocycles. The van der Waals surface area contributed by atoms with Crippen LogP contribution in [-0.4, -0.2) is 26.3 Å². The molecule has 0 N–H and O–H groups in total. The summed E-state index contributed by atoms with van der Waals surface area (Å²) < 4.78 is 7.33. The van der Waals surface area contributed by atoms with Gasteiger partial charge in [0.25, 0.3) is 17.4 Å². The van der Waals surface area contributed by atoms with Crippen molar-refractivity contribution in [2.45, 2.75) is 13.0 Å². The van der Waals surface area contributed by atoms with Crippen LogP contribution in [0.1, 0.15) is 39.5 Å². The summed E-state index contributed by atoms with van der Waals surface area (Å²) >= 11 is 3.33. The SMILES string of the molecule is CC(c1nc2occ(Br)c2c(=O)n1-c1ccccc1)N1C(=O)c2ccccc2C1=O. The van der Waals surface area contributed by atoms with Crippen LogP contribution in [0, 0.1) is 0 Å². The molecule has 0 spiro atoms. The Kier molecular flexibility index (Phi) is 4.18. The molecule has 0 radical (unpaired) electrons. The van der Waals surface area contributed by atoms with Gasteiger partial charge in [-0.25, -0.2) is 0 Å². The second-order valence-corrected chi connectivity index (χ2v) is 7.77. The number of hydrogen-bond acceptors (Lipinski definition) is 5. The number of halogens is 1. The van der Waals surface area contributed by atoms with Crippen molar-refractivity contribution in [3.05, 3.63) is 92.6 Å². The summed E-state index contributed by atoms with van der Waals surface area (Å²) in [7, 11) is 0. The van der Waals surface area contributed by atoms with Crippen LogP contribution in [0.15, 0.2) is 74.5 Å². The topological polar surface area (TPSA) is 85.4 Å². The molecule has 1 unspecified atom stereocenters. The predicted molar refractivity (Wildman–Crippen MR) is 113 cm³/mol. The maximum atomic E-state index is 13.4. The molecule has 0 fully saturated rings. The molecule has 0 aliphatic carbocycles. The van der Waals surface area contributed by atoms with Crippen LogP contribution in [-0.2, 0) is 0 Å². The van der Waals surface area contributed by atoms with E-state index < -0.39 is 17.9 Å². The van der Waals surface area contributed by atoms with Crippen LogP contribution >= 0.6 is 15.9 Å². The highest BCUT2D eigenvalue weighted by molar-refractivity contribution is 9.10. The highest BCUT2D eigenvalue weighted by atomic mass is 79.9. The number of benzene rings is 2. The van der Waals surface area contributed by atoms with E-state index >= 15 is 0 Å². The number of furan rings is 1. The number of para-hydroxylation sites is 1. The van der Waals surface area contributed by atoms with Gasteiger partial charge in [-0.05, 0) is 47.1 Å². The van der Waals surface area contributed by atoms with Gasteiger partial charge in [0.05, 0.1) is 27.3 Å². The number of carbonyl (C=O) groups excluding carboxylic acids is 2. The number of hydrogen-bond donors (Lipinski definition) is 0. The molecule has 5 rings (SSSR count). The van der Waals surface area contributed by atoms with Gasteiger partial charge in [0.15, 0.2) is 0 Å². The Labute approximate surface area is 178 Å². The summed E-state index contributed by atoms with van der Waals surface area (Å²) in [5.41, 5.74) is 1.03. The Hall–Kier alpha value is -3.52. The minimum atomic E-state index is -0.807. The first-order valence-electron chi connectivity index (χ1n) is 9.21. The minimum absolute atomic E-state index is 0.137. The fourth-order valence-electron chi connectivity index (χ4n) is 3.76. The van der Waals surface area contributed by atoms with E-state index in [9.17, 15) is 14.4 Å². The number of nitrogens with zero attached hydrogens (tertiary/aromatic N) is 3. The van der Waals surface area contributed by atoms with Crippen molar-refractivity contribution in [1.82, 2.24) is 14.5 Å². The average Bonchev–Trinajstić information content (AvgIpc) is 3.26. The van der Waals surface area contributed by atoms with Gasteiger partial charge in [0.1, 0.15) is 17.5 Å². The highest BCUT2D eigenvalue weighted by Gasteiger charge is 2.40. The van der Waals surface area contributed by atoms with Crippen molar-refractivity contribution in [1.29, 1.82) is 0 Å². The fourth-order valence-corrected chi connectivity index (χ4v) is 4.19. The lowest BCUT2D eigenvalue weighted by Crippen LogP contribution is -2.36. The molecule has 2 aromatic heterocycles. The van der Waals surface area contributed by atoms with Crippen molar-refractivity contribution in [2.75, 3.05) is 0 Å². The van der Waals surface area contributed by atoms with E-state index in [0.29, 0.717) is 21.3 Å². The first-order valence-corrected chi connectivity index (χ1v) is 10.0. The second kappa shape index (κ2) is 6.77. The van der Waals surface area contributed by atoms with Gasteiger partial charge < -0.3 is 4.42 Å². The zero-order valence-electron chi connectivity index (χ0n) is 15.7. The zero-order chi connectivity index (χ0) is 21.0. The molecule has 3 heterocycles. The number of carbonyl (C=O) groups is 2. The second-order valence-electron chi connectivity index (χ2n) is 6.91. The third-order valence-corrected chi connectivity index (χ3v) is 5.77. The lowest BCUT2D eigenvalue weighted by Gasteiger charge is -2.24. The third-order valence-electron chi connectivity index (χ3n) is 5.19. The van der Waals surface area contributed by atoms with Gasteiger partial charge in [-0.15, -0.1) is 0 Å². The molecule has 1 aliphatic rings. The minimum Gasteiger partial charge on any atom is -0.445 e. The molecule has 8 heteroatoms. The molecule has 30 heavy (non-hydrogen) atoms. The molecular weight excluding hydrogens is 450 g/mol. The quantitative estimate of drug-likeness (QED) is 0.427. The van der Waals surface area contributed by atoms with Gasteiger partial charge in [0.2, 0.25) is 5.71 Å². The van der Waals surface area contributed by atoms with Gasteiger partial charge in [-0.2, -0.15) is 4.98 Å². The molecular formula is C22H14BrN3O4.